The van der Waals surface area contributed by atoms with Crippen LogP contribution in [0.15, 0.2) is 33.9 Å². The molecule has 3 rings (SSSR count). The zero-order valence-corrected chi connectivity index (χ0v) is 15.1. The van der Waals surface area contributed by atoms with Gasteiger partial charge in [-0.05, 0) is 63.1 Å². The molecule has 0 radical (unpaired) electrons. The van der Waals surface area contributed by atoms with Crippen LogP contribution in [-0.4, -0.2) is 28.0 Å². The van der Waals surface area contributed by atoms with Gasteiger partial charge in [-0.25, -0.2) is 4.79 Å². The minimum atomic E-state index is -0.430. The number of likely N-dealkylation sites (tertiary alicyclic amines) is 1. The number of rotatable bonds is 5. The maximum atomic E-state index is 12.1. The standard InChI is InChI=1S/C20H27N3O2/c1-14-6-3-4-8-17(14)10-9-16-7-5-11-23(12-16)13-18-15(2)21-20(25)22-19(18)24/h3-4,6,8,16H,5,7,9-13H2,1-2H3,(H2,21,22,24,25)/t16-/m0/s1. The highest BCUT2D eigenvalue weighted by Gasteiger charge is 2.21. The summed E-state index contributed by atoms with van der Waals surface area (Å²) in [6, 6.07) is 8.60. The number of benzene rings is 1. The Hall–Kier alpha value is -2.14. The highest BCUT2D eigenvalue weighted by molar-refractivity contribution is 5.25. The molecule has 2 aromatic rings. The molecule has 0 amide bonds. The summed E-state index contributed by atoms with van der Waals surface area (Å²) in [5.74, 6) is 0.663. The van der Waals surface area contributed by atoms with Gasteiger partial charge < -0.3 is 4.98 Å². The van der Waals surface area contributed by atoms with Crippen LogP contribution in [0, 0.1) is 19.8 Å². The minimum absolute atomic E-state index is 0.261. The average Bonchev–Trinajstić information content (AvgIpc) is 2.58. The fourth-order valence-electron chi connectivity index (χ4n) is 3.82. The zero-order chi connectivity index (χ0) is 17.8. The molecule has 1 aliphatic heterocycles. The Bertz CT molecular complexity index is 837. The Labute approximate surface area is 148 Å². The summed E-state index contributed by atoms with van der Waals surface area (Å²) >= 11 is 0. The van der Waals surface area contributed by atoms with Crippen LogP contribution in [-0.2, 0) is 13.0 Å². The molecule has 1 atom stereocenters. The summed E-state index contributed by atoms with van der Waals surface area (Å²) in [4.78, 5) is 30.8. The first kappa shape index (κ1) is 17.7. The van der Waals surface area contributed by atoms with Crippen molar-refractivity contribution in [3.05, 3.63) is 67.5 Å². The summed E-state index contributed by atoms with van der Waals surface area (Å²) in [5, 5.41) is 0. The molecule has 0 saturated carbocycles. The number of aromatic amines is 2. The highest BCUT2D eigenvalue weighted by Crippen LogP contribution is 2.23. The second-order valence-corrected chi connectivity index (χ2v) is 7.22. The van der Waals surface area contributed by atoms with Crippen LogP contribution in [0.1, 0.15) is 41.6 Å². The van der Waals surface area contributed by atoms with Gasteiger partial charge in [0.1, 0.15) is 0 Å². The number of nitrogens with one attached hydrogen (secondary N) is 2. The SMILES string of the molecule is Cc1ccccc1CC[C@@H]1CCCN(Cc2c(C)[nH]c(=O)[nH]c2=O)C1. The molecule has 2 N–H and O–H groups in total. The predicted octanol–water partition coefficient (Wildman–Crippen LogP) is 2.52. The molecule has 1 aromatic carbocycles. The monoisotopic (exact) mass is 341 g/mol. The van der Waals surface area contributed by atoms with Crippen molar-refractivity contribution in [1.29, 1.82) is 0 Å². The molecule has 25 heavy (non-hydrogen) atoms. The van der Waals surface area contributed by atoms with E-state index in [-0.39, 0.29) is 5.56 Å². The summed E-state index contributed by atoms with van der Waals surface area (Å²) in [6.45, 7) is 6.61. The summed E-state index contributed by atoms with van der Waals surface area (Å²) in [7, 11) is 0. The summed E-state index contributed by atoms with van der Waals surface area (Å²) in [6.07, 6.45) is 4.72. The fraction of sp³-hybridized carbons (Fsp3) is 0.500. The Morgan fingerprint density at radius 1 is 1.16 bits per heavy atom. The van der Waals surface area contributed by atoms with Gasteiger partial charge in [-0.3, -0.25) is 14.7 Å². The lowest BCUT2D eigenvalue weighted by Gasteiger charge is -2.33. The Kier molecular flexibility index (Phi) is 5.53. The van der Waals surface area contributed by atoms with E-state index >= 15 is 0 Å². The van der Waals surface area contributed by atoms with Crippen LogP contribution >= 0.6 is 0 Å². The van der Waals surface area contributed by atoms with Gasteiger partial charge in [-0.15, -0.1) is 0 Å². The van der Waals surface area contributed by atoms with Gasteiger partial charge >= 0.3 is 5.69 Å². The van der Waals surface area contributed by atoms with Crippen LogP contribution < -0.4 is 11.2 Å². The van der Waals surface area contributed by atoms with E-state index in [4.69, 9.17) is 0 Å². The first-order chi connectivity index (χ1) is 12.0. The highest BCUT2D eigenvalue weighted by atomic mass is 16.2. The van der Waals surface area contributed by atoms with Gasteiger partial charge in [-0.2, -0.15) is 0 Å². The molecule has 1 saturated heterocycles. The van der Waals surface area contributed by atoms with Crippen molar-refractivity contribution in [2.45, 2.75) is 46.1 Å². The molecule has 134 valence electrons. The van der Waals surface area contributed by atoms with E-state index in [2.05, 4.69) is 46.1 Å². The molecule has 0 spiro atoms. The lowest BCUT2D eigenvalue weighted by molar-refractivity contribution is 0.161. The van der Waals surface area contributed by atoms with E-state index in [0.29, 0.717) is 23.7 Å². The van der Waals surface area contributed by atoms with Crippen molar-refractivity contribution < 1.29 is 0 Å². The number of aryl methyl sites for hydroxylation is 3. The van der Waals surface area contributed by atoms with E-state index in [9.17, 15) is 9.59 Å². The summed E-state index contributed by atoms with van der Waals surface area (Å²) < 4.78 is 0. The van der Waals surface area contributed by atoms with Crippen LogP contribution in [0.5, 0.6) is 0 Å². The first-order valence-electron chi connectivity index (χ1n) is 9.12. The minimum Gasteiger partial charge on any atom is -0.311 e. The maximum absolute atomic E-state index is 12.1. The number of hydrogen-bond donors (Lipinski definition) is 2. The molecule has 0 unspecified atom stereocenters. The van der Waals surface area contributed by atoms with Gasteiger partial charge in [0.15, 0.2) is 0 Å². The third kappa shape index (κ3) is 4.48. The van der Waals surface area contributed by atoms with E-state index in [1.807, 2.05) is 0 Å². The van der Waals surface area contributed by atoms with Gasteiger partial charge in [0.25, 0.3) is 5.56 Å². The molecular weight excluding hydrogens is 314 g/mol. The molecule has 2 heterocycles. The Morgan fingerprint density at radius 2 is 1.96 bits per heavy atom. The van der Waals surface area contributed by atoms with Gasteiger partial charge in [0.05, 0.1) is 5.56 Å². The largest absolute Gasteiger partial charge is 0.325 e. The first-order valence-corrected chi connectivity index (χ1v) is 9.12. The molecule has 1 aromatic heterocycles. The van der Waals surface area contributed by atoms with E-state index in [1.165, 1.54) is 30.4 Å². The van der Waals surface area contributed by atoms with Crippen LogP contribution in [0.2, 0.25) is 0 Å². The second kappa shape index (κ2) is 7.83. The molecule has 0 aliphatic carbocycles. The zero-order valence-electron chi connectivity index (χ0n) is 15.1. The van der Waals surface area contributed by atoms with Crippen molar-refractivity contribution in [1.82, 2.24) is 14.9 Å². The van der Waals surface area contributed by atoms with Gasteiger partial charge in [0, 0.05) is 18.8 Å². The topological polar surface area (TPSA) is 69.0 Å². The molecule has 5 heteroatoms. The van der Waals surface area contributed by atoms with Crippen molar-refractivity contribution in [2.75, 3.05) is 13.1 Å². The number of nitrogens with zero attached hydrogens (tertiary/aromatic N) is 1. The van der Waals surface area contributed by atoms with Crippen molar-refractivity contribution in [3.63, 3.8) is 0 Å². The van der Waals surface area contributed by atoms with Gasteiger partial charge in [-0.1, -0.05) is 24.3 Å². The van der Waals surface area contributed by atoms with E-state index < -0.39 is 5.69 Å². The Balaban J connectivity index is 1.61. The number of aromatic nitrogens is 2. The number of piperidine rings is 1. The third-order valence-electron chi connectivity index (χ3n) is 5.32. The van der Waals surface area contributed by atoms with Crippen LogP contribution in [0.25, 0.3) is 0 Å². The molecule has 1 fully saturated rings. The number of H-pyrrole nitrogens is 2. The maximum Gasteiger partial charge on any atom is 0.325 e. The van der Waals surface area contributed by atoms with Crippen LogP contribution in [0.3, 0.4) is 0 Å². The Morgan fingerprint density at radius 3 is 2.72 bits per heavy atom. The number of hydrogen-bond acceptors (Lipinski definition) is 3. The van der Waals surface area contributed by atoms with Crippen molar-refractivity contribution in [2.24, 2.45) is 5.92 Å². The molecular formula is C20H27N3O2. The van der Waals surface area contributed by atoms with Gasteiger partial charge in [0.2, 0.25) is 0 Å². The fourth-order valence-corrected chi connectivity index (χ4v) is 3.82. The molecule has 1 aliphatic rings. The van der Waals surface area contributed by atoms with Crippen molar-refractivity contribution in [3.8, 4) is 0 Å². The molecule has 5 nitrogen and oxygen atoms in total. The van der Waals surface area contributed by atoms with Crippen LogP contribution in [0.4, 0.5) is 0 Å². The van der Waals surface area contributed by atoms with Crippen molar-refractivity contribution >= 4 is 0 Å². The van der Waals surface area contributed by atoms with E-state index in [0.717, 1.165) is 19.5 Å². The second-order valence-electron chi connectivity index (χ2n) is 7.22. The average molecular weight is 341 g/mol. The van der Waals surface area contributed by atoms with E-state index in [1.54, 1.807) is 6.92 Å². The predicted molar refractivity (Wildman–Crippen MR) is 99.9 cm³/mol. The lowest BCUT2D eigenvalue weighted by Crippen LogP contribution is -2.38. The lowest BCUT2D eigenvalue weighted by atomic mass is 9.90. The quantitative estimate of drug-likeness (QED) is 0.878. The smallest absolute Gasteiger partial charge is 0.311 e. The normalized spacial score (nSPS) is 18.4. The summed E-state index contributed by atoms with van der Waals surface area (Å²) in [5.41, 5.74) is 3.47. The third-order valence-corrected chi connectivity index (χ3v) is 5.32. The molecule has 0 bridgehead atoms.